The second kappa shape index (κ2) is 8.06. The summed E-state index contributed by atoms with van der Waals surface area (Å²) in [5.41, 5.74) is 3.24. The molecule has 1 atom stereocenters. The number of nitrogens with zero attached hydrogens (tertiary/aromatic N) is 1. The minimum absolute atomic E-state index is 0.00490. The van der Waals surface area contributed by atoms with Crippen molar-refractivity contribution in [2.75, 3.05) is 25.5 Å². The number of anilines is 1. The number of urea groups is 1. The molecule has 0 spiro atoms. The highest BCUT2D eigenvalue weighted by atomic mass is 16.5. The molecule has 0 radical (unpaired) electrons. The van der Waals surface area contributed by atoms with Crippen LogP contribution in [0.5, 0.6) is 5.75 Å². The van der Waals surface area contributed by atoms with Crippen LogP contribution >= 0.6 is 0 Å². The number of rotatable bonds is 3. The Labute approximate surface area is 149 Å². The predicted molar refractivity (Wildman–Crippen MR) is 101 cm³/mol. The minimum atomic E-state index is -0.00490. The van der Waals surface area contributed by atoms with Crippen LogP contribution in [0.3, 0.4) is 0 Å². The number of aryl methyl sites for hydroxylation is 1. The lowest BCUT2D eigenvalue weighted by molar-refractivity contribution is 0.211. The van der Waals surface area contributed by atoms with Crippen LogP contribution in [-0.2, 0) is 0 Å². The van der Waals surface area contributed by atoms with Crippen LogP contribution in [0, 0.1) is 6.92 Å². The first-order valence-electron chi connectivity index (χ1n) is 8.93. The molecule has 2 aromatic carbocycles. The summed E-state index contributed by atoms with van der Waals surface area (Å²) in [7, 11) is 1.68. The summed E-state index contributed by atoms with van der Waals surface area (Å²) in [5.74, 6) is 1.24. The van der Waals surface area contributed by atoms with Gasteiger partial charge in [-0.25, -0.2) is 4.79 Å². The largest absolute Gasteiger partial charge is 0.497 e. The first-order chi connectivity index (χ1) is 12.2. The molecule has 0 aromatic heterocycles. The minimum Gasteiger partial charge on any atom is -0.497 e. The molecule has 3 rings (SSSR count). The Balaban J connectivity index is 1.70. The second-order valence-corrected chi connectivity index (χ2v) is 6.66. The maximum Gasteiger partial charge on any atom is 0.321 e. The number of hydrogen-bond acceptors (Lipinski definition) is 2. The highest BCUT2D eigenvalue weighted by Crippen LogP contribution is 2.28. The lowest BCUT2D eigenvalue weighted by atomic mass is 9.94. The third kappa shape index (κ3) is 4.32. The van der Waals surface area contributed by atoms with Crippen molar-refractivity contribution in [2.24, 2.45) is 0 Å². The Morgan fingerprint density at radius 1 is 1.12 bits per heavy atom. The van der Waals surface area contributed by atoms with Gasteiger partial charge in [-0.15, -0.1) is 0 Å². The first kappa shape index (κ1) is 17.3. The standard InChI is InChI=1S/C21H26N2O2/c1-16-7-3-4-9-20(16)22-21(24)23-14-6-5-8-18(15-23)17-10-12-19(25-2)13-11-17/h3-4,7,9-13,18H,5-6,8,14-15H2,1-2H3,(H,22,24). The van der Waals surface area contributed by atoms with Crippen molar-refractivity contribution >= 4 is 11.7 Å². The summed E-state index contributed by atoms with van der Waals surface area (Å²) in [4.78, 5) is 14.7. The van der Waals surface area contributed by atoms with Gasteiger partial charge in [-0.1, -0.05) is 36.8 Å². The number of likely N-dealkylation sites (tertiary alicyclic amines) is 1. The molecule has 1 heterocycles. The Hall–Kier alpha value is -2.49. The third-order valence-electron chi connectivity index (χ3n) is 4.93. The maximum atomic E-state index is 12.7. The van der Waals surface area contributed by atoms with E-state index in [0.717, 1.165) is 49.4 Å². The number of carbonyl (C=O) groups is 1. The fourth-order valence-electron chi connectivity index (χ4n) is 3.38. The van der Waals surface area contributed by atoms with Gasteiger partial charge in [0.25, 0.3) is 0 Å². The molecule has 0 bridgehead atoms. The number of methoxy groups -OCH3 is 1. The molecule has 2 aromatic rings. The van der Waals surface area contributed by atoms with Crippen LogP contribution in [0.4, 0.5) is 10.5 Å². The summed E-state index contributed by atoms with van der Waals surface area (Å²) >= 11 is 0. The van der Waals surface area contributed by atoms with Crippen LogP contribution in [0.1, 0.15) is 36.3 Å². The van der Waals surface area contributed by atoms with E-state index in [0.29, 0.717) is 5.92 Å². The Morgan fingerprint density at radius 2 is 1.88 bits per heavy atom. The van der Waals surface area contributed by atoms with Crippen molar-refractivity contribution in [3.8, 4) is 5.75 Å². The molecule has 4 nitrogen and oxygen atoms in total. The Kier molecular flexibility index (Phi) is 5.59. The van der Waals surface area contributed by atoms with Crippen molar-refractivity contribution in [3.05, 3.63) is 59.7 Å². The summed E-state index contributed by atoms with van der Waals surface area (Å²) < 4.78 is 5.24. The van der Waals surface area contributed by atoms with Gasteiger partial charge in [0.2, 0.25) is 0 Å². The summed E-state index contributed by atoms with van der Waals surface area (Å²) in [5, 5.41) is 3.06. The topological polar surface area (TPSA) is 41.6 Å². The molecule has 0 aliphatic carbocycles. The van der Waals surface area contributed by atoms with Crippen LogP contribution in [0.15, 0.2) is 48.5 Å². The SMILES string of the molecule is COc1ccc(C2CCCCN(C(=O)Nc3ccccc3C)C2)cc1. The molecule has 0 saturated carbocycles. The Bertz CT molecular complexity index is 712. The van der Waals surface area contributed by atoms with E-state index in [4.69, 9.17) is 4.74 Å². The molecule has 2 amide bonds. The smallest absolute Gasteiger partial charge is 0.321 e. The fraction of sp³-hybridized carbons (Fsp3) is 0.381. The maximum absolute atomic E-state index is 12.7. The van der Waals surface area contributed by atoms with E-state index in [1.54, 1.807) is 7.11 Å². The molecular weight excluding hydrogens is 312 g/mol. The van der Waals surface area contributed by atoms with Gasteiger partial charge in [0.15, 0.2) is 0 Å². The normalized spacial score (nSPS) is 17.7. The van der Waals surface area contributed by atoms with E-state index >= 15 is 0 Å². The third-order valence-corrected chi connectivity index (χ3v) is 4.93. The van der Waals surface area contributed by atoms with E-state index in [2.05, 4.69) is 17.4 Å². The zero-order valence-corrected chi connectivity index (χ0v) is 15.0. The molecule has 1 unspecified atom stereocenters. The van der Waals surface area contributed by atoms with E-state index in [-0.39, 0.29) is 6.03 Å². The van der Waals surface area contributed by atoms with Gasteiger partial charge < -0.3 is 15.0 Å². The quantitative estimate of drug-likeness (QED) is 0.873. The number of amides is 2. The van der Waals surface area contributed by atoms with Crippen molar-refractivity contribution in [1.29, 1.82) is 0 Å². The lowest BCUT2D eigenvalue weighted by Crippen LogP contribution is -2.37. The zero-order valence-electron chi connectivity index (χ0n) is 15.0. The number of hydrogen-bond donors (Lipinski definition) is 1. The summed E-state index contributed by atoms with van der Waals surface area (Å²) in [6.07, 6.45) is 3.30. The van der Waals surface area contributed by atoms with Crippen LogP contribution in [-0.4, -0.2) is 31.1 Å². The Morgan fingerprint density at radius 3 is 2.60 bits per heavy atom. The molecule has 1 aliphatic rings. The number of carbonyl (C=O) groups excluding carboxylic acids is 1. The number of nitrogens with one attached hydrogen (secondary N) is 1. The number of para-hydroxylation sites is 1. The number of ether oxygens (including phenoxy) is 1. The highest BCUT2D eigenvalue weighted by Gasteiger charge is 2.23. The predicted octanol–water partition coefficient (Wildman–Crippen LogP) is 4.81. The average Bonchev–Trinajstić information content (AvgIpc) is 2.90. The van der Waals surface area contributed by atoms with Crippen molar-refractivity contribution in [2.45, 2.75) is 32.1 Å². The highest BCUT2D eigenvalue weighted by molar-refractivity contribution is 5.90. The molecular formula is C21H26N2O2. The van der Waals surface area contributed by atoms with Gasteiger partial charge >= 0.3 is 6.03 Å². The van der Waals surface area contributed by atoms with Crippen LogP contribution in [0.2, 0.25) is 0 Å². The van der Waals surface area contributed by atoms with Crippen molar-refractivity contribution in [1.82, 2.24) is 4.90 Å². The second-order valence-electron chi connectivity index (χ2n) is 6.66. The molecule has 1 fully saturated rings. The number of benzene rings is 2. The van der Waals surface area contributed by atoms with Gasteiger partial charge in [-0.05, 0) is 49.1 Å². The monoisotopic (exact) mass is 338 g/mol. The summed E-state index contributed by atoms with van der Waals surface area (Å²) in [6, 6.07) is 16.1. The van der Waals surface area contributed by atoms with Crippen LogP contribution in [0.25, 0.3) is 0 Å². The van der Waals surface area contributed by atoms with Gasteiger partial charge in [0.1, 0.15) is 5.75 Å². The molecule has 1 N–H and O–H groups in total. The van der Waals surface area contributed by atoms with Crippen LogP contribution < -0.4 is 10.1 Å². The van der Waals surface area contributed by atoms with E-state index < -0.39 is 0 Å². The van der Waals surface area contributed by atoms with E-state index in [9.17, 15) is 4.79 Å². The van der Waals surface area contributed by atoms with E-state index in [1.807, 2.05) is 48.2 Å². The van der Waals surface area contributed by atoms with Gasteiger partial charge in [-0.3, -0.25) is 0 Å². The molecule has 1 saturated heterocycles. The lowest BCUT2D eigenvalue weighted by Gasteiger charge is -2.25. The van der Waals surface area contributed by atoms with Crippen molar-refractivity contribution in [3.63, 3.8) is 0 Å². The van der Waals surface area contributed by atoms with Gasteiger partial charge in [-0.2, -0.15) is 0 Å². The van der Waals surface area contributed by atoms with Gasteiger partial charge in [0.05, 0.1) is 7.11 Å². The van der Waals surface area contributed by atoms with Crippen molar-refractivity contribution < 1.29 is 9.53 Å². The molecule has 1 aliphatic heterocycles. The summed E-state index contributed by atoms with van der Waals surface area (Å²) in [6.45, 7) is 3.58. The molecule has 132 valence electrons. The molecule has 4 heteroatoms. The molecule has 25 heavy (non-hydrogen) atoms. The average molecular weight is 338 g/mol. The van der Waals surface area contributed by atoms with E-state index in [1.165, 1.54) is 5.56 Å². The van der Waals surface area contributed by atoms with Gasteiger partial charge in [0, 0.05) is 24.7 Å². The zero-order chi connectivity index (χ0) is 17.6. The fourth-order valence-corrected chi connectivity index (χ4v) is 3.38. The first-order valence-corrected chi connectivity index (χ1v) is 8.93.